The molecule has 1 heterocycles. The largest absolute Gasteiger partial charge is 0.420 e. The summed E-state index contributed by atoms with van der Waals surface area (Å²) in [7, 11) is -1.88. The van der Waals surface area contributed by atoms with E-state index in [0.717, 1.165) is 0 Å². The maximum atomic E-state index is 12.9. The summed E-state index contributed by atoms with van der Waals surface area (Å²) in [5, 5.41) is 3.44. The fourth-order valence-corrected chi connectivity index (χ4v) is 3.62. The minimum atomic E-state index is -3.53. The zero-order valence-electron chi connectivity index (χ0n) is 12.6. The molecule has 0 saturated carbocycles. The normalized spacial score (nSPS) is 11.6. The number of nitrogens with zero attached hydrogens (tertiary/aromatic N) is 1. The van der Waals surface area contributed by atoms with Gasteiger partial charge in [0.2, 0.25) is 17.2 Å². The maximum Gasteiger partial charge on any atom is 0.385 e. The summed E-state index contributed by atoms with van der Waals surface area (Å²) in [6.45, 7) is 3.96. The average molecular weight is 345 g/mol. The molecule has 2 aromatic rings. The lowest BCUT2D eigenvalue weighted by Gasteiger charge is -2.14. The topological polar surface area (TPSA) is 73.6 Å². The Balaban J connectivity index is 2.48. The summed E-state index contributed by atoms with van der Waals surface area (Å²) in [6.07, 6.45) is 0. The highest BCUT2D eigenvalue weighted by Gasteiger charge is 2.35. The lowest BCUT2D eigenvalue weighted by molar-refractivity contribution is 0.229. The molecule has 0 saturated heterocycles. The van der Waals surface area contributed by atoms with Crippen LogP contribution in [0.25, 0.3) is 11.5 Å². The van der Waals surface area contributed by atoms with Gasteiger partial charge in [0, 0.05) is 17.6 Å². The summed E-state index contributed by atoms with van der Waals surface area (Å²) in [5.41, 5.74) is 0.857. The molecule has 0 amide bonds. The minimum absolute atomic E-state index is 0.142. The predicted octanol–water partition coefficient (Wildman–Crippen LogP) is 3.93. The molecule has 0 spiro atoms. The van der Waals surface area contributed by atoms with E-state index in [0.29, 0.717) is 16.5 Å². The quantitative estimate of drug-likeness (QED) is 0.767. The Kier molecular flexibility index (Phi) is 5.64. The van der Waals surface area contributed by atoms with Crippen LogP contribution >= 0.6 is 19.2 Å². The molecule has 22 heavy (non-hydrogen) atoms. The van der Waals surface area contributed by atoms with E-state index in [1.807, 2.05) is 0 Å². The van der Waals surface area contributed by atoms with Crippen LogP contribution < -0.4 is 10.8 Å². The van der Waals surface area contributed by atoms with Gasteiger partial charge in [0.1, 0.15) is 0 Å². The molecule has 120 valence electrons. The lowest BCUT2D eigenvalue weighted by Crippen LogP contribution is -2.15. The van der Waals surface area contributed by atoms with Crippen molar-refractivity contribution in [1.82, 2.24) is 4.98 Å². The van der Waals surface area contributed by atoms with Crippen molar-refractivity contribution in [2.75, 3.05) is 25.6 Å². The maximum absolute atomic E-state index is 12.9. The number of benzene rings is 1. The Bertz CT molecular complexity index is 662. The first-order valence-corrected chi connectivity index (χ1v) is 8.80. The number of anilines is 1. The highest BCUT2D eigenvalue weighted by Crippen LogP contribution is 2.49. The third-order valence-corrected chi connectivity index (χ3v) is 5.06. The number of aromatic nitrogens is 1. The van der Waals surface area contributed by atoms with Crippen LogP contribution in [0.3, 0.4) is 0 Å². The smallest absolute Gasteiger partial charge is 0.385 e. The molecule has 0 bridgehead atoms. The number of rotatable bonds is 7. The Morgan fingerprint density at radius 3 is 2.32 bits per heavy atom. The molecular formula is C14H18ClN2O4P. The fraction of sp³-hybridized carbons (Fsp3) is 0.357. The van der Waals surface area contributed by atoms with Crippen molar-refractivity contribution in [3.8, 4) is 11.5 Å². The van der Waals surface area contributed by atoms with Gasteiger partial charge in [-0.15, -0.1) is 0 Å². The van der Waals surface area contributed by atoms with Gasteiger partial charge in [-0.25, -0.2) is 0 Å². The van der Waals surface area contributed by atoms with Crippen LogP contribution in [-0.4, -0.2) is 25.2 Å². The molecule has 0 atom stereocenters. The highest BCUT2D eigenvalue weighted by molar-refractivity contribution is 7.62. The average Bonchev–Trinajstić information content (AvgIpc) is 2.93. The summed E-state index contributed by atoms with van der Waals surface area (Å²) in [6, 6.07) is 6.99. The SMILES string of the molecule is CCOP(=O)(OCC)c1nc(-c2ccc(Cl)cc2)oc1NC. The van der Waals surface area contributed by atoms with E-state index in [1.54, 1.807) is 45.2 Å². The predicted molar refractivity (Wildman–Crippen MR) is 87.0 cm³/mol. The Hall–Kier alpha value is -1.33. The van der Waals surface area contributed by atoms with Gasteiger partial charge in [-0.1, -0.05) is 11.6 Å². The highest BCUT2D eigenvalue weighted by atomic mass is 35.5. The molecule has 1 N–H and O–H groups in total. The molecule has 1 aromatic heterocycles. The second-order valence-corrected chi connectivity index (χ2v) is 6.63. The van der Waals surface area contributed by atoms with Crippen molar-refractivity contribution in [3.05, 3.63) is 29.3 Å². The van der Waals surface area contributed by atoms with Crippen LogP contribution in [0.1, 0.15) is 13.8 Å². The van der Waals surface area contributed by atoms with Gasteiger partial charge in [-0.3, -0.25) is 4.57 Å². The summed E-state index contributed by atoms with van der Waals surface area (Å²) in [5.74, 6) is 0.575. The van der Waals surface area contributed by atoms with Crippen molar-refractivity contribution in [2.24, 2.45) is 0 Å². The van der Waals surface area contributed by atoms with E-state index in [2.05, 4.69) is 10.3 Å². The van der Waals surface area contributed by atoms with Crippen LogP contribution in [0.15, 0.2) is 28.7 Å². The number of oxazole rings is 1. The van der Waals surface area contributed by atoms with Gasteiger partial charge in [0.25, 0.3) is 0 Å². The van der Waals surface area contributed by atoms with E-state index in [4.69, 9.17) is 25.1 Å². The van der Waals surface area contributed by atoms with Crippen LogP contribution in [0.2, 0.25) is 5.02 Å². The first-order chi connectivity index (χ1) is 10.5. The summed E-state index contributed by atoms with van der Waals surface area (Å²) >= 11 is 5.87. The van der Waals surface area contributed by atoms with Crippen LogP contribution in [0, 0.1) is 0 Å². The lowest BCUT2D eigenvalue weighted by atomic mass is 10.2. The molecule has 0 radical (unpaired) electrons. The van der Waals surface area contributed by atoms with Gasteiger partial charge in [0.05, 0.1) is 13.2 Å². The molecule has 0 aliphatic heterocycles. The van der Waals surface area contributed by atoms with Gasteiger partial charge in [-0.05, 0) is 38.1 Å². The van der Waals surface area contributed by atoms with E-state index in [9.17, 15) is 4.57 Å². The molecule has 1 aromatic carbocycles. The van der Waals surface area contributed by atoms with Crippen molar-refractivity contribution in [2.45, 2.75) is 13.8 Å². The van der Waals surface area contributed by atoms with E-state index in [1.165, 1.54) is 0 Å². The number of nitrogens with one attached hydrogen (secondary N) is 1. The van der Waals surface area contributed by atoms with Gasteiger partial charge in [-0.2, -0.15) is 4.98 Å². The van der Waals surface area contributed by atoms with Crippen LogP contribution in [0.4, 0.5) is 5.88 Å². The van der Waals surface area contributed by atoms with E-state index in [-0.39, 0.29) is 24.5 Å². The number of hydrogen-bond acceptors (Lipinski definition) is 6. The minimum Gasteiger partial charge on any atom is -0.420 e. The van der Waals surface area contributed by atoms with Crippen LogP contribution in [0.5, 0.6) is 0 Å². The van der Waals surface area contributed by atoms with Crippen LogP contribution in [-0.2, 0) is 13.6 Å². The molecule has 0 aliphatic rings. The van der Waals surface area contributed by atoms with E-state index >= 15 is 0 Å². The molecule has 0 unspecified atom stereocenters. The summed E-state index contributed by atoms with van der Waals surface area (Å²) in [4.78, 5) is 4.30. The third kappa shape index (κ3) is 3.52. The third-order valence-electron chi connectivity index (χ3n) is 2.79. The zero-order chi connectivity index (χ0) is 16.2. The van der Waals surface area contributed by atoms with Crippen molar-refractivity contribution >= 4 is 30.5 Å². The molecule has 2 rings (SSSR count). The monoisotopic (exact) mass is 344 g/mol. The zero-order valence-corrected chi connectivity index (χ0v) is 14.3. The standard InChI is InChI=1S/C14H18ClN2O4P/c1-4-19-22(18,20-5-2)14-13(16-3)21-12(17-14)10-6-8-11(15)9-7-10/h6-9,16H,4-5H2,1-3H3. The Labute approximate surface area is 134 Å². The number of hydrogen-bond donors (Lipinski definition) is 1. The molecule has 0 aliphatic carbocycles. The van der Waals surface area contributed by atoms with Gasteiger partial charge in [0.15, 0.2) is 0 Å². The molecule has 6 nitrogen and oxygen atoms in total. The van der Waals surface area contributed by atoms with E-state index < -0.39 is 7.60 Å². The van der Waals surface area contributed by atoms with Gasteiger partial charge >= 0.3 is 7.60 Å². The second-order valence-electron chi connectivity index (χ2n) is 4.26. The van der Waals surface area contributed by atoms with Crippen molar-refractivity contribution in [3.63, 3.8) is 0 Å². The van der Waals surface area contributed by atoms with Crippen molar-refractivity contribution in [1.29, 1.82) is 0 Å². The molecule has 8 heteroatoms. The first-order valence-electron chi connectivity index (χ1n) is 6.88. The molecular weight excluding hydrogens is 327 g/mol. The molecule has 0 fully saturated rings. The Morgan fingerprint density at radius 2 is 1.82 bits per heavy atom. The number of halogens is 1. The van der Waals surface area contributed by atoms with Crippen molar-refractivity contribution < 1.29 is 18.0 Å². The fourth-order valence-electron chi connectivity index (χ4n) is 1.88. The second kappa shape index (κ2) is 7.29. The first kappa shape index (κ1) is 17.0. The van der Waals surface area contributed by atoms with Gasteiger partial charge < -0.3 is 18.8 Å². The summed E-state index contributed by atoms with van der Waals surface area (Å²) < 4.78 is 29.1. The Morgan fingerprint density at radius 1 is 1.23 bits per heavy atom.